The number of nitrogen functional groups attached to an aromatic ring is 1. The molecule has 98 valence electrons. The second-order valence-electron chi connectivity index (χ2n) is 4.02. The van der Waals surface area contributed by atoms with Crippen molar-refractivity contribution < 1.29 is 10.0 Å². The average Bonchev–Trinajstić information content (AvgIpc) is 2.38. The Kier molecular flexibility index (Phi) is 3.53. The number of piperidine rings is 1. The molecule has 2 heterocycles. The number of aromatic nitrogens is 2. The maximum Gasteiger partial charge on any atom is 0.329 e. The van der Waals surface area contributed by atoms with Gasteiger partial charge in [0.2, 0.25) is 11.8 Å². The third-order valence-electron chi connectivity index (χ3n) is 2.84. The number of hydrogen-bond acceptors (Lipinski definition) is 8. The van der Waals surface area contributed by atoms with E-state index in [1.807, 2.05) is 0 Å². The number of aliphatic hydroxyl groups excluding tert-OH is 1. The van der Waals surface area contributed by atoms with E-state index in [-0.39, 0.29) is 23.6 Å². The fraction of sp³-hybridized carbons (Fsp3) is 0.556. The van der Waals surface area contributed by atoms with Crippen LogP contribution in [0, 0.1) is 10.1 Å². The van der Waals surface area contributed by atoms with E-state index in [0.29, 0.717) is 25.9 Å². The van der Waals surface area contributed by atoms with Crippen molar-refractivity contribution >= 4 is 17.5 Å². The second kappa shape index (κ2) is 5.10. The summed E-state index contributed by atoms with van der Waals surface area (Å²) in [5.41, 5.74) is 2.10. The van der Waals surface area contributed by atoms with Crippen LogP contribution in [0.15, 0.2) is 6.20 Å². The highest BCUT2D eigenvalue weighted by Crippen LogP contribution is 2.28. The summed E-state index contributed by atoms with van der Waals surface area (Å²) in [6.45, 7) is 1.03. The molecule has 1 fully saturated rings. The molecule has 0 spiro atoms. The van der Waals surface area contributed by atoms with Crippen molar-refractivity contribution in [3.8, 4) is 0 Å². The average molecular weight is 254 g/mol. The molecule has 4 N–H and O–H groups in total. The van der Waals surface area contributed by atoms with E-state index in [9.17, 15) is 15.2 Å². The second-order valence-corrected chi connectivity index (χ2v) is 4.02. The first-order chi connectivity index (χ1) is 8.61. The van der Waals surface area contributed by atoms with E-state index in [1.165, 1.54) is 0 Å². The molecule has 2 rings (SSSR count). The molecule has 9 nitrogen and oxygen atoms in total. The first kappa shape index (κ1) is 12.5. The number of hydrazine groups is 1. The summed E-state index contributed by atoms with van der Waals surface area (Å²) in [6, 6.07) is 0. The van der Waals surface area contributed by atoms with Crippen molar-refractivity contribution in [2.75, 3.05) is 23.4 Å². The molecule has 1 aliphatic rings. The minimum atomic E-state index is -0.527. The number of aliphatic hydroxyl groups is 1. The van der Waals surface area contributed by atoms with Gasteiger partial charge in [-0.15, -0.1) is 0 Å². The molecule has 1 saturated heterocycles. The lowest BCUT2D eigenvalue weighted by atomic mass is 10.1. The third-order valence-corrected chi connectivity index (χ3v) is 2.84. The third kappa shape index (κ3) is 2.46. The number of nitrogens with two attached hydrogens (primary N) is 1. The number of nitrogens with one attached hydrogen (secondary N) is 1. The van der Waals surface area contributed by atoms with Gasteiger partial charge in [0.15, 0.2) is 0 Å². The maximum atomic E-state index is 10.9. The van der Waals surface area contributed by atoms with E-state index in [2.05, 4.69) is 15.4 Å². The van der Waals surface area contributed by atoms with Crippen LogP contribution in [-0.2, 0) is 0 Å². The molecule has 0 saturated carbocycles. The molecular formula is C9H14N6O3. The van der Waals surface area contributed by atoms with Crippen molar-refractivity contribution in [2.45, 2.75) is 18.9 Å². The zero-order valence-corrected chi connectivity index (χ0v) is 9.61. The normalized spacial score (nSPS) is 16.7. The van der Waals surface area contributed by atoms with Crippen molar-refractivity contribution in [1.29, 1.82) is 0 Å². The molecule has 0 amide bonds. The number of nitrogens with zero attached hydrogens (tertiary/aromatic N) is 4. The van der Waals surface area contributed by atoms with Crippen molar-refractivity contribution in [1.82, 2.24) is 9.97 Å². The van der Waals surface area contributed by atoms with Crippen LogP contribution in [0.2, 0.25) is 0 Å². The molecule has 1 aromatic heterocycles. The monoisotopic (exact) mass is 254 g/mol. The highest BCUT2D eigenvalue weighted by molar-refractivity contribution is 5.59. The van der Waals surface area contributed by atoms with E-state index in [0.717, 1.165) is 6.20 Å². The lowest BCUT2D eigenvalue weighted by Crippen LogP contribution is -2.36. The van der Waals surface area contributed by atoms with Gasteiger partial charge >= 0.3 is 5.69 Å². The summed E-state index contributed by atoms with van der Waals surface area (Å²) < 4.78 is 0. The fourth-order valence-electron chi connectivity index (χ4n) is 1.88. The molecule has 0 aromatic carbocycles. The number of hydrogen-bond donors (Lipinski definition) is 3. The van der Waals surface area contributed by atoms with Crippen LogP contribution >= 0.6 is 0 Å². The van der Waals surface area contributed by atoms with E-state index < -0.39 is 4.92 Å². The van der Waals surface area contributed by atoms with E-state index in [1.54, 1.807) is 4.90 Å². The van der Waals surface area contributed by atoms with E-state index >= 15 is 0 Å². The highest BCUT2D eigenvalue weighted by atomic mass is 16.6. The SMILES string of the molecule is NNc1ncc([N+](=O)[O-])c(N2CCC(O)CC2)n1. The van der Waals surface area contributed by atoms with Gasteiger partial charge in [-0.2, -0.15) is 4.98 Å². The minimum Gasteiger partial charge on any atom is -0.393 e. The molecule has 0 radical (unpaired) electrons. The van der Waals surface area contributed by atoms with Gasteiger partial charge in [-0.3, -0.25) is 15.5 Å². The van der Waals surface area contributed by atoms with Gasteiger partial charge in [-0.05, 0) is 12.8 Å². The molecule has 0 bridgehead atoms. The molecule has 0 unspecified atom stereocenters. The Morgan fingerprint density at radius 2 is 2.22 bits per heavy atom. The zero-order chi connectivity index (χ0) is 13.1. The number of rotatable bonds is 3. The van der Waals surface area contributed by atoms with Crippen LogP contribution in [0.4, 0.5) is 17.5 Å². The Bertz CT molecular complexity index is 446. The topological polar surface area (TPSA) is 130 Å². The Hall–Kier alpha value is -2.00. The lowest BCUT2D eigenvalue weighted by Gasteiger charge is -2.30. The molecule has 9 heteroatoms. The Balaban J connectivity index is 2.31. The van der Waals surface area contributed by atoms with Crippen molar-refractivity contribution in [3.05, 3.63) is 16.3 Å². The fourth-order valence-corrected chi connectivity index (χ4v) is 1.88. The van der Waals surface area contributed by atoms with E-state index in [4.69, 9.17) is 5.84 Å². The minimum absolute atomic E-state index is 0.127. The Labute approximate surface area is 103 Å². The van der Waals surface area contributed by atoms with Crippen molar-refractivity contribution in [3.63, 3.8) is 0 Å². The molecule has 0 aliphatic carbocycles. The quantitative estimate of drug-likeness (QED) is 0.378. The summed E-state index contributed by atoms with van der Waals surface area (Å²) in [6.07, 6.45) is 1.90. The van der Waals surface area contributed by atoms with Gasteiger partial charge in [0.05, 0.1) is 11.0 Å². The van der Waals surface area contributed by atoms with Gasteiger partial charge in [0, 0.05) is 13.1 Å². The summed E-state index contributed by atoms with van der Waals surface area (Å²) in [7, 11) is 0. The maximum absolute atomic E-state index is 10.9. The summed E-state index contributed by atoms with van der Waals surface area (Å²) in [5, 5.41) is 20.4. The smallest absolute Gasteiger partial charge is 0.329 e. The standard InChI is InChI=1S/C9H14N6O3/c10-13-9-11-5-7(15(17)18)8(12-9)14-3-1-6(16)2-4-14/h5-6,16H,1-4,10H2,(H,11,12,13). The zero-order valence-electron chi connectivity index (χ0n) is 9.61. The predicted molar refractivity (Wildman–Crippen MR) is 64.0 cm³/mol. The van der Waals surface area contributed by atoms with Crippen LogP contribution in [0.3, 0.4) is 0 Å². The van der Waals surface area contributed by atoms with Crippen LogP contribution in [0.25, 0.3) is 0 Å². The van der Waals surface area contributed by atoms with Gasteiger partial charge in [-0.25, -0.2) is 10.8 Å². The molecule has 18 heavy (non-hydrogen) atoms. The van der Waals surface area contributed by atoms with Crippen molar-refractivity contribution in [2.24, 2.45) is 5.84 Å². The number of anilines is 2. The van der Waals surface area contributed by atoms with Crippen LogP contribution in [0.1, 0.15) is 12.8 Å². The largest absolute Gasteiger partial charge is 0.393 e. The summed E-state index contributed by atoms with van der Waals surface area (Å²) >= 11 is 0. The molecule has 0 atom stereocenters. The number of nitro groups is 1. The van der Waals surface area contributed by atoms with Gasteiger partial charge in [-0.1, -0.05) is 0 Å². The Morgan fingerprint density at radius 1 is 1.56 bits per heavy atom. The lowest BCUT2D eigenvalue weighted by molar-refractivity contribution is -0.384. The molecular weight excluding hydrogens is 240 g/mol. The van der Waals surface area contributed by atoms with Gasteiger partial charge < -0.3 is 10.0 Å². The summed E-state index contributed by atoms with van der Waals surface area (Å²) in [4.78, 5) is 19.9. The van der Waals surface area contributed by atoms with Crippen LogP contribution < -0.4 is 16.2 Å². The molecule has 1 aliphatic heterocycles. The van der Waals surface area contributed by atoms with Crippen LogP contribution in [0.5, 0.6) is 0 Å². The van der Waals surface area contributed by atoms with Gasteiger partial charge in [0.25, 0.3) is 0 Å². The first-order valence-electron chi connectivity index (χ1n) is 5.53. The Morgan fingerprint density at radius 3 is 2.78 bits per heavy atom. The molecule has 1 aromatic rings. The predicted octanol–water partition coefficient (Wildman–Crippen LogP) is -0.369. The van der Waals surface area contributed by atoms with Gasteiger partial charge in [0.1, 0.15) is 6.20 Å². The highest BCUT2D eigenvalue weighted by Gasteiger charge is 2.26. The van der Waals surface area contributed by atoms with Crippen LogP contribution in [-0.4, -0.2) is 39.2 Å². The first-order valence-corrected chi connectivity index (χ1v) is 5.53. The summed E-state index contributed by atoms with van der Waals surface area (Å²) in [5.74, 6) is 5.55.